The summed E-state index contributed by atoms with van der Waals surface area (Å²) < 4.78 is 5.53. The van der Waals surface area contributed by atoms with E-state index in [1.54, 1.807) is 7.11 Å². The number of allylic oxidation sites excluding steroid dienone is 2. The Balaban J connectivity index is 2.32. The predicted molar refractivity (Wildman–Crippen MR) is 72.6 cm³/mol. The van der Waals surface area contributed by atoms with E-state index in [4.69, 9.17) is 4.74 Å². The highest BCUT2D eigenvalue weighted by molar-refractivity contribution is 6.09. The first kappa shape index (κ1) is 12.8. The van der Waals surface area contributed by atoms with Crippen LogP contribution in [0.5, 0.6) is 0 Å². The van der Waals surface area contributed by atoms with Crippen LogP contribution in [0.4, 0.5) is 0 Å². The molecular weight excluding hydrogens is 224 g/mol. The lowest BCUT2D eigenvalue weighted by Crippen LogP contribution is -2.37. The van der Waals surface area contributed by atoms with Crippen molar-refractivity contribution in [3.05, 3.63) is 59.7 Å². The second-order valence-electron chi connectivity index (χ2n) is 4.79. The number of ketones is 1. The molecule has 1 aromatic carbocycles. The maximum Gasteiger partial charge on any atom is 0.189 e. The monoisotopic (exact) mass is 242 g/mol. The summed E-state index contributed by atoms with van der Waals surface area (Å²) >= 11 is 0. The van der Waals surface area contributed by atoms with E-state index >= 15 is 0 Å². The predicted octanol–water partition coefficient (Wildman–Crippen LogP) is 3.41. The van der Waals surface area contributed by atoms with Crippen LogP contribution in [-0.4, -0.2) is 18.5 Å². The van der Waals surface area contributed by atoms with Crippen molar-refractivity contribution in [3.63, 3.8) is 0 Å². The molecule has 1 aromatic rings. The SMILES string of the molecule is COC1(C)C=CC=C(C(=O)c2ccccc2)C1C. The average molecular weight is 242 g/mol. The topological polar surface area (TPSA) is 26.3 Å². The Bertz CT molecular complexity index is 499. The fourth-order valence-corrected chi connectivity index (χ4v) is 2.21. The van der Waals surface area contributed by atoms with Crippen LogP contribution < -0.4 is 0 Å². The van der Waals surface area contributed by atoms with Gasteiger partial charge in [0.25, 0.3) is 0 Å². The van der Waals surface area contributed by atoms with Gasteiger partial charge in [-0.15, -0.1) is 0 Å². The first-order chi connectivity index (χ1) is 8.58. The molecule has 2 nitrogen and oxygen atoms in total. The van der Waals surface area contributed by atoms with E-state index in [1.807, 2.05) is 62.4 Å². The molecule has 2 unspecified atom stereocenters. The molecular formula is C16H18O2. The zero-order valence-corrected chi connectivity index (χ0v) is 11.0. The molecule has 0 N–H and O–H groups in total. The molecule has 0 bridgehead atoms. The Kier molecular flexibility index (Phi) is 3.48. The van der Waals surface area contributed by atoms with Crippen molar-refractivity contribution in [3.8, 4) is 0 Å². The summed E-state index contributed by atoms with van der Waals surface area (Å²) in [6.45, 7) is 4.03. The van der Waals surface area contributed by atoms with Gasteiger partial charge in [-0.1, -0.05) is 55.5 Å². The number of hydrogen-bond donors (Lipinski definition) is 0. The lowest BCUT2D eigenvalue weighted by Gasteiger charge is -2.34. The van der Waals surface area contributed by atoms with Gasteiger partial charge in [-0.05, 0) is 6.92 Å². The molecule has 2 atom stereocenters. The molecule has 1 aliphatic rings. The third-order valence-corrected chi connectivity index (χ3v) is 3.77. The highest BCUT2D eigenvalue weighted by atomic mass is 16.5. The molecule has 0 fully saturated rings. The van der Waals surface area contributed by atoms with E-state index in [9.17, 15) is 4.79 Å². The molecule has 0 heterocycles. The molecule has 0 aromatic heterocycles. The van der Waals surface area contributed by atoms with Gasteiger partial charge in [-0.3, -0.25) is 4.79 Å². The second-order valence-corrected chi connectivity index (χ2v) is 4.79. The summed E-state index contributed by atoms with van der Waals surface area (Å²) in [6.07, 6.45) is 5.79. The zero-order chi connectivity index (χ0) is 13.2. The lowest BCUT2D eigenvalue weighted by atomic mass is 9.78. The average Bonchev–Trinajstić information content (AvgIpc) is 2.42. The number of ether oxygens (including phenoxy) is 1. The molecule has 18 heavy (non-hydrogen) atoms. The van der Waals surface area contributed by atoms with Crippen LogP contribution in [0.2, 0.25) is 0 Å². The first-order valence-corrected chi connectivity index (χ1v) is 6.13. The van der Waals surface area contributed by atoms with Crippen molar-refractivity contribution in [1.29, 1.82) is 0 Å². The minimum absolute atomic E-state index is 0.0419. The van der Waals surface area contributed by atoms with Crippen molar-refractivity contribution < 1.29 is 9.53 Å². The van der Waals surface area contributed by atoms with Crippen LogP contribution in [0.25, 0.3) is 0 Å². The number of methoxy groups -OCH3 is 1. The van der Waals surface area contributed by atoms with Gasteiger partial charge in [0.05, 0.1) is 5.60 Å². The molecule has 0 saturated carbocycles. The van der Waals surface area contributed by atoms with Crippen LogP contribution in [0.15, 0.2) is 54.1 Å². The summed E-state index contributed by atoms with van der Waals surface area (Å²) in [5.41, 5.74) is 1.12. The zero-order valence-electron chi connectivity index (χ0n) is 11.0. The smallest absolute Gasteiger partial charge is 0.189 e. The van der Waals surface area contributed by atoms with E-state index in [0.29, 0.717) is 0 Å². The van der Waals surface area contributed by atoms with Crippen LogP contribution in [0.1, 0.15) is 24.2 Å². The number of Topliss-reactive ketones (excluding diaryl/α,β-unsaturated/α-hetero) is 1. The van der Waals surface area contributed by atoms with Gasteiger partial charge >= 0.3 is 0 Å². The lowest BCUT2D eigenvalue weighted by molar-refractivity contribution is 0.0139. The van der Waals surface area contributed by atoms with E-state index in [1.165, 1.54) is 0 Å². The number of carbonyl (C=O) groups excluding carboxylic acids is 1. The summed E-state index contributed by atoms with van der Waals surface area (Å²) in [7, 11) is 1.68. The Hall–Kier alpha value is -1.67. The Morgan fingerprint density at radius 2 is 1.94 bits per heavy atom. The van der Waals surface area contributed by atoms with E-state index in [2.05, 4.69) is 0 Å². The second kappa shape index (κ2) is 4.91. The van der Waals surface area contributed by atoms with Crippen LogP contribution in [-0.2, 0) is 4.74 Å². The van der Waals surface area contributed by atoms with Gasteiger partial charge < -0.3 is 4.74 Å². The number of carbonyl (C=O) groups is 1. The van der Waals surface area contributed by atoms with Gasteiger partial charge in [-0.25, -0.2) is 0 Å². The Morgan fingerprint density at radius 1 is 1.28 bits per heavy atom. The molecule has 2 rings (SSSR count). The standard InChI is InChI=1S/C16H18O2/c1-12-14(10-7-11-16(12,2)18-3)15(17)13-8-5-4-6-9-13/h4-12H,1-3H3. The Labute approximate surface area is 108 Å². The van der Waals surface area contributed by atoms with Crippen molar-refractivity contribution in [1.82, 2.24) is 0 Å². The van der Waals surface area contributed by atoms with Gasteiger partial charge in [-0.2, -0.15) is 0 Å². The van der Waals surface area contributed by atoms with Crippen LogP contribution in [0, 0.1) is 5.92 Å². The van der Waals surface area contributed by atoms with Crippen molar-refractivity contribution in [2.24, 2.45) is 5.92 Å². The maximum atomic E-state index is 12.5. The van der Waals surface area contributed by atoms with Crippen LogP contribution >= 0.6 is 0 Å². The number of hydrogen-bond acceptors (Lipinski definition) is 2. The normalized spacial score (nSPS) is 26.8. The van der Waals surface area contributed by atoms with E-state index in [-0.39, 0.29) is 11.7 Å². The number of benzene rings is 1. The fraction of sp³-hybridized carbons (Fsp3) is 0.312. The molecule has 0 amide bonds. The molecule has 2 heteroatoms. The van der Waals surface area contributed by atoms with Gasteiger partial charge in [0.2, 0.25) is 0 Å². The molecule has 1 aliphatic carbocycles. The van der Waals surface area contributed by atoms with Crippen molar-refractivity contribution in [2.45, 2.75) is 19.4 Å². The fourth-order valence-electron chi connectivity index (χ4n) is 2.21. The third-order valence-electron chi connectivity index (χ3n) is 3.77. The third kappa shape index (κ3) is 2.16. The summed E-state index contributed by atoms with van der Waals surface area (Å²) in [5.74, 6) is 0.121. The summed E-state index contributed by atoms with van der Waals surface area (Å²) in [6, 6.07) is 9.37. The molecule has 0 aliphatic heterocycles. The molecule has 0 saturated heterocycles. The molecule has 0 radical (unpaired) electrons. The Morgan fingerprint density at radius 3 is 2.56 bits per heavy atom. The van der Waals surface area contributed by atoms with Gasteiger partial charge in [0.15, 0.2) is 5.78 Å². The number of rotatable bonds is 3. The van der Waals surface area contributed by atoms with E-state index in [0.717, 1.165) is 11.1 Å². The minimum atomic E-state index is -0.408. The minimum Gasteiger partial charge on any atom is -0.374 e. The largest absolute Gasteiger partial charge is 0.374 e. The quantitative estimate of drug-likeness (QED) is 0.759. The van der Waals surface area contributed by atoms with Crippen molar-refractivity contribution in [2.75, 3.05) is 7.11 Å². The highest BCUT2D eigenvalue weighted by Gasteiger charge is 2.35. The van der Waals surface area contributed by atoms with E-state index < -0.39 is 5.60 Å². The van der Waals surface area contributed by atoms with Gasteiger partial charge in [0, 0.05) is 24.2 Å². The first-order valence-electron chi connectivity index (χ1n) is 6.13. The summed E-state index contributed by atoms with van der Waals surface area (Å²) in [5, 5.41) is 0. The van der Waals surface area contributed by atoms with Gasteiger partial charge in [0.1, 0.15) is 0 Å². The molecule has 0 spiro atoms. The van der Waals surface area contributed by atoms with Crippen molar-refractivity contribution >= 4 is 5.78 Å². The highest BCUT2D eigenvalue weighted by Crippen LogP contribution is 2.33. The maximum absolute atomic E-state index is 12.5. The summed E-state index contributed by atoms with van der Waals surface area (Å²) in [4.78, 5) is 12.5. The van der Waals surface area contributed by atoms with Crippen LogP contribution in [0.3, 0.4) is 0 Å². The molecule has 94 valence electrons.